The summed E-state index contributed by atoms with van der Waals surface area (Å²) in [6, 6.07) is 89.3. The highest BCUT2D eigenvalue weighted by Crippen LogP contribution is 2.67. The first-order chi connectivity index (χ1) is 31.8. The zero-order valence-electron chi connectivity index (χ0n) is 34.9. The van der Waals surface area contributed by atoms with Crippen LogP contribution in [0, 0.1) is 0 Å². The quantitative estimate of drug-likeness (QED) is 0.158. The number of rotatable bonds is 7. The molecule has 2 aliphatic carbocycles. The number of fused-ring (bicyclic) bond motifs is 13. The molecule has 0 aliphatic heterocycles. The molecular formula is C61H40N2S. The number of thiophene rings is 1. The molecule has 1 unspecified atom stereocenters. The Morgan fingerprint density at radius 3 is 1.61 bits per heavy atom. The molecule has 2 aliphatic rings. The molecule has 1 heterocycles. The first kappa shape index (κ1) is 36.7. The van der Waals surface area contributed by atoms with Crippen LogP contribution in [0.4, 0.5) is 34.1 Å². The minimum atomic E-state index is -0.563. The lowest BCUT2D eigenvalue weighted by atomic mass is 9.73. The van der Waals surface area contributed by atoms with Crippen molar-refractivity contribution in [2.24, 2.45) is 0 Å². The second kappa shape index (κ2) is 14.6. The second-order valence-corrected chi connectivity index (χ2v) is 17.9. The van der Waals surface area contributed by atoms with Crippen LogP contribution in [-0.4, -0.2) is 0 Å². The summed E-state index contributed by atoms with van der Waals surface area (Å²) in [5, 5.41) is 3.75. The van der Waals surface area contributed by atoms with Gasteiger partial charge in [0.2, 0.25) is 0 Å². The van der Waals surface area contributed by atoms with E-state index in [2.05, 4.69) is 252 Å². The van der Waals surface area contributed by atoms with Crippen LogP contribution < -0.4 is 9.80 Å². The van der Waals surface area contributed by atoms with Gasteiger partial charge in [-0.2, -0.15) is 0 Å². The lowest BCUT2D eigenvalue weighted by Gasteiger charge is -2.33. The van der Waals surface area contributed by atoms with Crippen molar-refractivity contribution in [1.29, 1.82) is 0 Å². The molecule has 13 rings (SSSR count). The molecule has 0 fully saturated rings. The van der Waals surface area contributed by atoms with E-state index >= 15 is 0 Å². The fourth-order valence-electron chi connectivity index (χ4n) is 10.7. The van der Waals surface area contributed by atoms with Crippen LogP contribution >= 0.6 is 11.3 Å². The predicted molar refractivity (Wildman–Crippen MR) is 270 cm³/mol. The highest BCUT2D eigenvalue weighted by molar-refractivity contribution is 7.20. The third-order valence-electron chi connectivity index (χ3n) is 13.4. The first-order valence-corrected chi connectivity index (χ1v) is 22.8. The van der Waals surface area contributed by atoms with E-state index in [4.69, 9.17) is 0 Å². The van der Waals surface area contributed by atoms with E-state index in [0.29, 0.717) is 0 Å². The number of hydrogen-bond acceptors (Lipinski definition) is 3. The number of anilines is 6. The van der Waals surface area contributed by atoms with Crippen molar-refractivity contribution in [2.45, 2.75) is 5.41 Å². The maximum Gasteiger partial charge on any atom is 0.0820 e. The summed E-state index contributed by atoms with van der Waals surface area (Å²) in [6.45, 7) is 0. The maximum absolute atomic E-state index is 2.52. The molecule has 300 valence electrons. The SMILES string of the molecule is c1ccc(-c2ccc(N(c3ccccc3)c3ccc4c(c3)C3(c5ccccc5-4)c4cc(N(c5ccccc5)c5cccc6ccccc56)ccc4-c4c3sc3ccccc43)cc2)cc1. The van der Waals surface area contributed by atoms with Crippen molar-refractivity contribution in [3.8, 4) is 33.4 Å². The van der Waals surface area contributed by atoms with E-state index in [-0.39, 0.29) is 0 Å². The van der Waals surface area contributed by atoms with Crippen molar-refractivity contribution in [2.75, 3.05) is 9.80 Å². The highest BCUT2D eigenvalue weighted by atomic mass is 32.1. The van der Waals surface area contributed by atoms with Crippen LogP contribution in [0.25, 0.3) is 54.2 Å². The third kappa shape index (κ3) is 5.44. The summed E-state index contributed by atoms with van der Waals surface area (Å²) in [5.74, 6) is 0. The van der Waals surface area contributed by atoms with Crippen molar-refractivity contribution in [3.63, 3.8) is 0 Å². The van der Waals surface area contributed by atoms with E-state index in [0.717, 1.165) is 34.1 Å². The highest BCUT2D eigenvalue weighted by Gasteiger charge is 2.54. The summed E-state index contributed by atoms with van der Waals surface area (Å²) in [4.78, 5) is 6.26. The van der Waals surface area contributed by atoms with E-state index in [9.17, 15) is 0 Å². The van der Waals surface area contributed by atoms with Crippen LogP contribution in [0.3, 0.4) is 0 Å². The van der Waals surface area contributed by atoms with E-state index in [1.807, 2.05) is 11.3 Å². The molecule has 1 atom stereocenters. The summed E-state index contributed by atoms with van der Waals surface area (Å²) in [5.41, 5.74) is 17.8. The Morgan fingerprint density at radius 2 is 0.844 bits per heavy atom. The molecule has 10 aromatic carbocycles. The number of hydrogen-bond donors (Lipinski definition) is 0. The van der Waals surface area contributed by atoms with Gasteiger partial charge in [-0.25, -0.2) is 0 Å². The standard InChI is InChI=1S/C61H40N2S/c1-4-17-41(18-5-1)42-31-33-46(34-32-42)62(44-21-6-2-7-22-44)47-35-37-51-50-26-12-14-28-54(50)61(55(51)39-47)56-40-48(36-38-52(56)59-53-27-13-15-30-58(53)64-60(59)61)63(45-23-8-3-9-24-45)57-29-16-20-43-19-10-11-25-49(43)57/h1-40H. The molecule has 0 bridgehead atoms. The lowest BCUT2D eigenvalue weighted by molar-refractivity contribution is 0.811. The summed E-state index contributed by atoms with van der Waals surface area (Å²) in [6.07, 6.45) is 0. The fourth-order valence-corrected chi connectivity index (χ4v) is 12.2. The molecule has 0 N–H and O–H groups in total. The van der Waals surface area contributed by atoms with Gasteiger partial charge in [-0.3, -0.25) is 0 Å². The van der Waals surface area contributed by atoms with Crippen molar-refractivity contribution in [1.82, 2.24) is 0 Å². The fraction of sp³-hybridized carbons (Fsp3) is 0.0164. The Morgan fingerprint density at radius 1 is 0.328 bits per heavy atom. The molecule has 64 heavy (non-hydrogen) atoms. The smallest absolute Gasteiger partial charge is 0.0820 e. The Labute approximate surface area is 377 Å². The van der Waals surface area contributed by atoms with Gasteiger partial charge in [-0.05, 0) is 123 Å². The molecule has 1 spiro atoms. The Balaban J connectivity index is 1.08. The summed E-state index contributed by atoms with van der Waals surface area (Å²) < 4.78 is 1.31. The normalized spacial score (nSPS) is 14.3. The maximum atomic E-state index is 2.52. The molecule has 1 aromatic heterocycles. The van der Waals surface area contributed by atoms with Crippen molar-refractivity contribution in [3.05, 3.63) is 264 Å². The molecule has 3 heteroatoms. The van der Waals surface area contributed by atoms with E-state index < -0.39 is 5.41 Å². The number of para-hydroxylation sites is 2. The zero-order valence-corrected chi connectivity index (χ0v) is 35.7. The Kier molecular flexibility index (Phi) is 8.34. The van der Waals surface area contributed by atoms with Gasteiger partial charge in [-0.15, -0.1) is 11.3 Å². The van der Waals surface area contributed by atoms with Gasteiger partial charge < -0.3 is 9.80 Å². The molecule has 2 nitrogen and oxygen atoms in total. The molecule has 11 aromatic rings. The van der Waals surface area contributed by atoms with Crippen LogP contribution in [0.1, 0.15) is 21.6 Å². The van der Waals surface area contributed by atoms with Gasteiger partial charge >= 0.3 is 0 Å². The van der Waals surface area contributed by atoms with Gasteiger partial charge in [0, 0.05) is 54.3 Å². The largest absolute Gasteiger partial charge is 0.310 e. The van der Waals surface area contributed by atoms with Crippen LogP contribution in [0.15, 0.2) is 243 Å². The van der Waals surface area contributed by atoms with Crippen LogP contribution in [0.5, 0.6) is 0 Å². The van der Waals surface area contributed by atoms with Crippen LogP contribution in [0.2, 0.25) is 0 Å². The monoisotopic (exact) mass is 832 g/mol. The first-order valence-electron chi connectivity index (χ1n) is 22.0. The second-order valence-electron chi connectivity index (χ2n) is 16.8. The number of benzene rings is 10. The topological polar surface area (TPSA) is 6.48 Å². The van der Waals surface area contributed by atoms with E-state index in [1.165, 1.54) is 75.8 Å². The van der Waals surface area contributed by atoms with Gasteiger partial charge in [-0.1, -0.05) is 170 Å². The predicted octanol–water partition coefficient (Wildman–Crippen LogP) is 17.0. The minimum absolute atomic E-state index is 0.563. The molecule has 0 saturated carbocycles. The molecule has 0 radical (unpaired) electrons. The molecule has 0 saturated heterocycles. The Bertz CT molecular complexity index is 3550. The summed E-state index contributed by atoms with van der Waals surface area (Å²) in [7, 11) is 0. The lowest BCUT2D eigenvalue weighted by Crippen LogP contribution is -2.25. The Hall–Kier alpha value is -7.98. The average molecular weight is 833 g/mol. The molecular weight excluding hydrogens is 793 g/mol. The molecule has 0 amide bonds. The van der Waals surface area contributed by atoms with Gasteiger partial charge in [0.15, 0.2) is 0 Å². The van der Waals surface area contributed by atoms with E-state index in [1.54, 1.807) is 0 Å². The van der Waals surface area contributed by atoms with Gasteiger partial charge in [0.1, 0.15) is 0 Å². The zero-order chi connectivity index (χ0) is 42.2. The summed E-state index contributed by atoms with van der Waals surface area (Å²) >= 11 is 1.95. The van der Waals surface area contributed by atoms with Gasteiger partial charge in [0.25, 0.3) is 0 Å². The average Bonchev–Trinajstić information content (AvgIpc) is 3.99. The third-order valence-corrected chi connectivity index (χ3v) is 14.7. The van der Waals surface area contributed by atoms with Crippen molar-refractivity contribution < 1.29 is 0 Å². The van der Waals surface area contributed by atoms with Crippen molar-refractivity contribution >= 4 is 66.3 Å². The number of nitrogens with zero attached hydrogens (tertiary/aromatic N) is 2. The van der Waals surface area contributed by atoms with Crippen LogP contribution in [-0.2, 0) is 5.41 Å². The van der Waals surface area contributed by atoms with Gasteiger partial charge in [0.05, 0.1) is 11.1 Å². The minimum Gasteiger partial charge on any atom is -0.310 e.